The predicted octanol–water partition coefficient (Wildman–Crippen LogP) is 3.02. The zero-order chi connectivity index (χ0) is 12.1. The minimum atomic E-state index is -0.313. The lowest BCUT2D eigenvalue weighted by Crippen LogP contribution is -2.11. The van der Waals surface area contributed by atoms with Gasteiger partial charge in [0.2, 0.25) is 0 Å². The van der Waals surface area contributed by atoms with Gasteiger partial charge in [-0.25, -0.2) is 0 Å². The van der Waals surface area contributed by atoms with Crippen molar-refractivity contribution < 1.29 is 9.84 Å². The summed E-state index contributed by atoms with van der Waals surface area (Å²) in [4.78, 5) is 0. The Morgan fingerprint density at radius 2 is 2.31 bits per heavy atom. The molecule has 0 unspecified atom stereocenters. The fourth-order valence-electron chi connectivity index (χ4n) is 1.54. The molecule has 0 heterocycles. The lowest BCUT2D eigenvalue weighted by Gasteiger charge is -2.17. The van der Waals surface area contributed by atoms with Gasteiger partial charge in [-0.2, -0.15) is 0 Å². The summed E-state index contributed by atoms with van der Waals surface area (Å²) >= 11 is 5.84. The average Bonchev–Trinajstić information content (AvgIpc) is 2.29. The molecule has 3 N–H and O–H groups in total. The van der Waals surface area contributed by atoms with Crippen molar-refractivity contribution in [3.05, 3.63) is 35.4 Å². The van der Waals surface area contributed by atoms with Gasteiger partial charge in [0, 0.05) is 6.04 Å². The Kier molecular flexibility index (Phi) is 4.65. The highest BCUT2D eigenvalue weighted by Crippen LogP contribution is 2.39. The predicted molar refractivity (Wildman–Crippen MR) is 66.0 cm³/mol. The van der Waals surface area contributed by atoms with E-state index in [4.69, 9.17) is 22.1 Å². The molecule has 0 aliphatic heterocycles. The van der Waals surface area contributed by atoms with E-state index in [1.165, 1.54) is 7.11 Å². The number of hydrogen-bond donors (Lipinski definition) is 2. The van der Waals surface area contributed by atoms with Gasteiger partial charge in [0.1, 0.15) is 11.5 Å². The normalized spacial score (nSPS) is 12.2. The van der Waals surface area contributed by atoms with E-state index in [9.17, 15) is 5.11 Å². The van der Waals surface area contributed by atoms with Crippen molar-refractivity contribution in [2.75, 3.05) is 7.11 Å². The highest BCUT2D eigenvalue weighted by molar-refractivity contribution is 6.32. The average molecular weight is 242 g/mol. The first-order valence-electron chi connectivity index (χ1n) is 5.03. The number of rotatable bonds is 5. The number of benzene rings is 1. The van der Waals surface area contributed by atoms with Crippen molar-refractivity contribution in [2.45, 2.75) is 18.9 Å². The van der Waals surface area contributed by atoms with Crippen molar-refractivity contribution >= 4 is 11.6 Å². The lowest BCUT2D eigenvalue weighted by atomic mass is 10.0. The Labute approximate surface area is 100 Å². The second-order valence-electron chi connectivity index (χ2n) is 3.48. The van der Waals surface area contributed by atoms with Crippen molar-refractivity contribution in [1.29, 1.82) is 0 Å². The zero-order valence-electron chi connectivity index (χ0n) is 9.24. The minimum absolute atomic E-state index is 0.00224. The molecule has 0 spiro atoms. The summed E-state index contributed by atoms with van der Waals surface area (Å²) in [5.74, 6) is 0.552. The molecule has 88 valence electrons. The van der Waals surface area contributed by atoms with Crippen LogP contribution in [-0.2, 0) is 0 Å². The van der Waals surface area contributed by atoms with Gasteiger partial charge in [-0.3, -0.25) is 0 Å². The molecule has 0 bridgehead atoms. The van der Waals surface area contributed by atoms with Crippen LogP contribution in [0.2, 0.25) is 5.02 Å². The van der Waals surface area contributed by atoms with Gasteiger partial charge in [0.25, 0.3) is 0 Å². The highest BCUT2D eigenvalue weighted by Gasteiger charge is 2.18. The quantitative estimate of drug-likeness (QED) is 0.780. The lowest BCUT2D eigenvalue weighted by molar-refractivity contribution is 0.391. The first-order valence-corrected chi connectivity index (χ1v) is 5.41. The molecule has 1 atom stereocenters. The number of nitrogens with two attached hydrogens (primary N) is 1. The molecule has 0 fully saturated rings. The summed E-state index contributed by atoms with van der Waals surface area (Å²) in [6.45, 7) is 3.63. The fourth-order valence-corrected chi connectivity index (χ4v) is 1.71. The van der Waals surface area contributed by atoms with Gasteiger partial charge in [-0.05, 0) is 25.0 Å². The largest absolute Gasteiger partial charge is 0.506 e. The number of allylic oxidation sites excluding steroid dienone is 1. The third-order valence-electron chi connectivity index (χ3n) is 2.40. The van der Waals surface area contributed by atoms with Crippen molar-refractivity contribution in [3.8, 4) is 11.5 Å². The van der Waals surface area contributed by atoms with Crippen LogP contribution in [0.3, 0.4) is 0 Å². The second-order valence-corrected chi connectivity index (χ2v) is 3.89. The maximum atomic E-state index is 9.86. The molecule has 0 saturated carbocycles. The Morgan fingerprint density at radius 1 is 1.62 bits per heavy atom. The van der Waals surface area contributed by atoms with Gasteiger partial charge in [0.15, 0.2) is 0 Å². The Morgan fingerprint density at radius 3 is 2.88 bits per heavy atom. The number of halogens is 1. The minimum Gasteiger partial charge on any atom is -0.506 e. The van der Waals surface area contributed by atoms with E-state index < -0.39 is 0 Å². The summed E-state index contributed by atoms with van der Waals surface area (Å²) < 4.78 is 5.16. The van der Waals surface area contributed by atoms with Crippen molar-refractivity contribution in [2.24, 2.45) is 5.73 Å². The first-order chi connectivity index (χ1) is 7.61. The molecule has 0 aliphatic carbocycles. The van der Waals surface area contributed by atoms with Crippen molar-refractivity contribution in [1.82, 2.24) is 0 Å². The molecule has 1 aromatic rings. The van der Waals surface area contributed by atoms with Crippen molar-refractivity contribution in [3.63, 3.8) is 0 Å². The number of phenols is 1. The van der Waals surface area contributed by atoms with Crippen LogP contribution in [0, 0.1) is 0 Å². The van der Waals surface area contributed by atoms with E-state index in [-0.39, 0.29) is 16.8 Å². The number of hydrogen-bond acceptors (Lipinski definition) is 3. The third kappa shape index (κ3) is 2.68. The van der Waals surface area contributed by atoms with Crippen LogP contribution in [0.5, 0.6) is 11.5 Å². The summed E-state index contributed by atoms with van der Waals surface area (Å²) in [5.41, 5.74) is 6.53. The third-order valence-corrected chi connectivity index (χ3v) is 2.71. The van der Waals surface area contributed by atoms with E-state index in [0.717, 1.165) is 6.42 Å². The Bertz CT molecular complexity index is 380. The van der Waals surface area contributed by atoms with Crippen LogP contribution in [0.1, 0.15) is 24.4 Å². The number of ether oxygens (including phenoxy) is 1. The molecular formula is C12H16ClNO2. The van der Waals surface area contributed by atoms with E-state index in [1.807, 2.05) is 0 Å². The smallest absolute Gasteiger partial charge is 0.142 e. The van der Waals surface area contributed by atoms with Crippen LogP contribution < -0.4 is 10.5 Å². The standard InChI is InChI=1S/C12H16ClNO2/c1-3-4-5-9(14)11-10(16-2)7-6-8(13)12(11)15/h3,6-7,9,15H,1,4-5,14H2,2H3/t9-/m0/s1. The van der Waals surface area contributed by atoms with Gasteiger partial charge in [0.05, 0.1) is 17.7 Å². The molecule has 16 heavy (non-hydrogen) atoms. The molecule has 4 heteroatoms. The van der Waals surface area contributed by atoms with Gasteiger partial charge in [-0.1, -0.05) is 17.7 Å². The molecule has 0 aliphatic rings. The highest BCUT2D eigenvalue weighted by atomic mass is 35.5. The number of methoxy groups -OCH3 is 1. The first kappa shape index (κ1) is 12.9. The molecular weight excluding hydrogens is 226 g/mol. The van der Waals surface area contributed by atoms with E-state index >= 15 is 0 Å². The Hall–Kier alpha value is -1.19. The van der Waals surface area contributed by atoms with Crippen LogP contribution in [0.4, 0.5) is 0 Å². The van der Waals surface area contributed by atoms with Gasteiger partial charge < -0.3 is 15.6 Å². The van der Waals surface area contributed by atoms with E-state index in [2.05, 4.69) is 6.58 Å². The summed E-state index contributed by atoms with van der Waals surface area (Å²) in [6, 6.07) is 2.97. The maximum absolute atomic E-state index is 9.86. The molecule has 3 nitrogen and oxygen atoms in total. The van der Waals surface area contributed by atoms with Gasteiger partial charge in [-0.15, -0.1) is 6.58 Å². The molecule has 0 saturated heterocycles. The molecule has 1 aromatic carbocycles. The van der Waals surface area contributed by atoms with Gasteiger partial charge >= 0.3 is 0 Å². The number of aromatic hydroxyl groups is 1. The summed E-state index contributed by atoms with van der Waals surface area (Å²) in [7, 11) is 1.53. The maximum Gasteiger partial charge on any atom is 0.142 e. The molecule has 0 radical (unpaired) electrons. The number of phenolic OH excluding ortho intramolecular Hbond substituents is 1. The van der Waals surface area contributed by atoms with Crippen LogP contribution in [0.15, 0.2) is 24.8 Å². The zero-order valence-corrected chi connectivity index (χ0v) is 10.00. The van der Waals surface area contributed by atoms with Crippen LogP contribution in [0.25, 0.3) is 0 Å². The summed E-state index contributed by atoms with van der Waals surface area (Å²) in [5, 5.41) is 10.1. The topological polar surface area (TPSA) is 55.5 Å². The molecule has 0 aromatic heterocycles. The second kappa shape index (κ2) is 5.77. The monoisotopic (exact) mass is 241 g/mol. The molecule has 0 amide bonds. The van der Waals surface area contributed by atoms with E-state index in [1.54, 1.807) is 18.2 Å². The van der Waals surface area contributed by atoms with E-state index in [0.29, 0.717) is 17.7 Å². The SMILES string of the molecule is C=CCC[C@H](N)c1c(OC)ccc(Cl)c1O. The van der Waals surface area contributed by atoms with Crippen LogP contribution >= 0.6 is 11.6 Å². The fraction of sp³-hybridized carbons (Fsp3) is 0.333. The molecule has 1 rings (SSSR count). The summed E-state index contributed by atoms with van der Waals surface area (Å²) in [6.07, 6.45) is 3.25. The Balaban J connectivity index is 3.08. The van der Waals surface area contributed by atoms with Crippen LogP contribution in [-0.4, -0.2) is 12.2 Å².